The number of benzene rings is 1. The Morgan fingerprint density at radius 3 is 2.40 bits per heavy atom. The number of thiophene rings is 1. The summed E-state index contributed by atoms with van der Waals surface area (Å²) in [6, 6.07) is 7.91. The molecule has 0 N–H and O–H groups in total. The van der Waals surface area contributed by atoms with E-state index in [1.807, 2.05) is 45.9 Å². The minimum atomic E-state index is -0.373. The summed E-state index contributed by atoms with van der Waals surface area (Å²) in [5, 5.41) is 12.2. The van der Waals surface area contributed by atoms with Gasteiger partial charge in [-0.05, 0) is 56.7 Å². The predicted octanol–water partition coefficient (Wildman–Crippen LogP) is 3.07. The molecule has 0 radical (unpaired) electrons. The Balaban J connectivity index is 2.06. The third-order valence-electron chi connectivity index (χ3n) is 4.24. The highest BCUT2D eigenvalue weighted by molar-refractivity contribution is 7.18. The molecule has 3 rings (SSSR count). The zero-order valence-corrected chi connectivity index (χ0v) is 12.9. The van der Waals surface area contributed by atoms with Gasteiger partial charge in [-0.25, -0.2) is 0 Å². The van der Waals surface area contributed by atoms with Crippen LogP contribution >= 0.6 is 11.3 Å². The molecule has 3 nitrogen and oxygen atoms in total. The van der Waals surface area contributed by atoms with E-state index in [1.165, 1.54) is 0 Å². The summed E-state index contributed by atoms with van der Waals surface area (Å²) in [5.74, 6) is 0. The van der Waals surface area contributed by atoms with Gasteiger partial charge in [0.1, 0.15) is 0 Å². The quantitative estimate of drug-likeness (QED) is 0.756. The fourth-order valence-corrected chi connectivity index (χ4v) is 3.21. The van der Waals surface area contributed by atoms with E-state index in [1.54, 1.807) is 11.3 Å². The van der Waals surface area contributed by atoms with E-state index < -0.39 is 0 Å². The van der Waals surface area contributed by atoms with Crippen LogP contribution in [0.1, 0.15) is 33.3 Å². The second-order valence-electron chi connectivity index (χ2n) is 6.10. The molecule has 2 heterocycles. The highest BCUT2D eigenvalue weighted by Crippen LogP contribution is 2.37. The van der Waals surface area contributed by atoms with E-state index in [-0.39, 0.29) is 18.3 Å². The summed E-state index contributed by atoms with van der Waals surface area (Å²) in [4.78, 5) is 0. The van der Waals surface area contributed by atoms with Crippen molar-refractivity contribution in [2.45, 2.75) is 38.9 Å². The molecule has 102 valence electrons. The van der Waals surface area contributed by atoms with Gasteiger partial charge in [0.15, 0.2) is 0 Å². The van der Waals surface area contributed by atoms with Gasteiger partial charge < -0.3 is 9.31 Å². The highest BCUT2D eigenvalue weighted by atomic mass is 32.1. The van der Waals surface area contributed by atoms with Gasteiger partial charge in [-0.3, -0.25) is 0 Å². The topological polar surface area (TPSA) is 42.2 Å². The first-order valence-electron chi connectivity index (χ1n) is 6.61. The fourth-order valence-electron chi connectivity index (χ4n) is 2.27. The maximum atomic E-state index is 9.05. The SMILES string of the molecule is CC1(C)OB(c2csc3ccc(C#N)cc23)OC1(C)C. The summed E-state index contributed by atoms with van der Waals surface area (Å²) in [6.07, 6.45) is 0. The van der Waals surface area contributed by atoms with Crippen molar-refractivity contribution in [3.63, 3.8) is 0 Å². The summed E-state index contributed by atoms with van der Waals surface area (Å²) in [5.41, 5.74) is 0.978. The molecule has 0 unspecified atom stereocenters. The second-order valence-corrected chi connectivity index (χ2v) is 7.01. The van der Waals surface area contributed by atoms with Crippen molar-refractivity contribution in [1.82, 2.24) is 0 Å². The maximum absolute atomic E-state index is 9.05. The van der Waals surface area contributed by atoms with Crippen LogP contribution < -0.4 is 5.46 Å². The van der Waals surface area contributed by atoms with Crippen molar-refractivity contribution < 1.29 is 9.31 Å². The van der Waals surface area contributed by atoms with Crippen LogP contribution in [-0.4, -0.2) is 18.3 Å². The van der Waals surface area contributed by atoms with Gasteiger partial charge in [-0.15, -0.1) is 11.3 Å². The van der Waals surface area contributed by atoms with Crippen molar-refractivity contribution in [2.75, 3.05) is 0 Å². The molecule has 1 aliphatic rings. The Hall–Kier alpha value is -1.35. The van der Waals surface area contributed by atoms with Crippen molar-refractivity contribution in [1.29, 1.82) is 5.26 Å². The van der Waals surface area contributed by atoms with Crippen LogP contribution in [0.3, 0.4) is 0 Å². The summed E-state index contributed by atoms with van der Waals surface area (Å²) in [7, 11) is -0.373. The number of nitriles is 1. The van der Waals surface area contributed by atoms with E-state index >= 15 is 0 Å². The molecule has 2 aromatic rings. The van der Waals surface area contributed by atoms with Crippen molar-refractivity contribution in [3.05, 3.63) is 29.1 Å². The number of nitrogens with zero attached hydrogens (tertiary/aromatic N) is 1. The fraction of sp³-hybridized carbons (Fsp3) is 0.400. The van der Waals surface area contributed by atoms with Gasteiger partial charge in [-0.2, -0.15) is 5.26 Å². The minimum Gasteiger partial charge on any atom is -0.399 e. The minimum absolute atomic E-state index is 0.348. The lowest BCUT2D eigenvalue weighted by molar-refractivity contribution is 0.00578. The van der Waals surface area contributed by atoms with E-state index in [0.717, 1.165) is 15.5 Å². The number of hydrogen-bond acceptors (Lipinski definition) is 4. The lowest BCUT2D eigenvalue weighted by atomic mass is 9.79. The Morgan fingerprint density at radius 2 is 1.80 bits per heavy atom. The molecule has 20 heavy (non-hydrogen) atoms. The number of rotatable bonds is 1. The molecule has 0 aliphatic carbocycles. The predicted molar refractivity (Wildman–Crippen MR) is 82.3 cm³/mol. The molecule has 5 heteroatoms. The molecule has 1 aliphatic heterocycles. The number of fused-ring (bicyclic) bond motifs is 1. The zero-order valence-electron chi connectivity index (χ0n) is 12.1. The van der Waals surface area contributed by atoms with Crippen LogP contribution in [0.2, 0.25) is 0 Å². The lowest BCUT2D eigenvalue weighted by Crippen LogP contribution is -2.41. The van der Waals surface area contributed by atoms with Crippen LogP contribution in [0.15, 0.2) is 23.6 Å². The molecule has 1 aromatic heterocycles. The Morgan fingerprint density at radius 1 is 1.15 bits per heavy atom. The summed E-state index contributed by atoms with van der Waals surface area (Å²) >= 11 is 1.65. The third-order valence-corrected chi connectivity index (χ3v) is 5.22. The van der Waals surface area contributed by atoms with E-state index in [2.05, 4.69) is 11.4 Å². The van der Waals surface area contributed by atoms with Crippen LogP contribution in [0.25, 0.3) is 10.1 Å². The monoisotopic (exact) mass is 285 g/mol. The average molecular weight is 285 g/mol. The Bertz CT molecular complexity index is 698. The molecule has 0 atom stereocenters. The van der Waals surface area contributed by atoms with E-state index in [9.17, 15) is 0 Å². The largest absolute Gasteiger partial charge is 0.496 e. The summed E-state index contributed by atoms with van der Waals surface area (Å²) < 4.78 is 13.3. The third kappa shape index (κ3) is 1.96. The average Bonchev–Trinajstić information content (AvgIpc) is 2.87. The van der Waals surface area contributed by atoms with Crippen molar-refractivity contribution in [2.24, 2.45) is 0 Å². The van der Waals surface area contributed by atoms with Crippen molar-refractivity contribution in [3.8, 4) is 6.07 Å². The first-order valence-corrected chi connectivity index (χ1v) is 7.49. The molecule has 1 saturated heterocycles. The molecular formula is C15H16BNO2S. The molecule has 1 fully saturated rings. The molecule has 1 aromatic carbocycles. The summed E-state index contributed by atoms with van der Waals surface area (Å²) in [6.45, 7) is 8.18. The second kappa shape index (κ2) is 4.32. The highest BCUT2D eigenvalue weighted by Gasteiger charge is 2.52. The Kier molecular flexibility index (Phi) is 2.95. The van der Waals surface area contributed by atoms with Crippen LogP contribution in [0.5, 0.6) is 0 Å². The molecule has 0 saturated carbocycles. The normalized spacial score (nSPS) is 20.2. The zero-order chi connectivity index (χ0) is 14.5. The molecule has 0 bridgehead atoms. The van der Waals surface area contributed by atoms with Gasteiger partial charge in [-0.1, -0.05) is 0 Å². The van der Waals surface area contributed by atoms with Crippen molar-refractivity contribution >= 4 is 34.0 Å². The lowest BCUT2D eigenvalue weighted by Gasteiger charge is -2.32. The Labute approximate surface area is 123 Å². The van der Waals surface area contributed by atoms with Gasteiger partial charge in [0.05, 0.1) is 22.8 Å². The van der Waals surface area contributed by atoms with Gasteiger partial charge in [0.2, 0.25) is 0 Å². The van der Waals surface area contributed by atoms with Crippen LogP contribution in [-0.2, 0) is 9.31 Å². The molecule has 0 spiro atoms. The van der Waals surface area contributed by atoms with Gasteiger partial charge in [0.25, 0.3) is 0 Å². The first-order chi connectivity index (χ1) is 9.34. The van der Waals surface area contributed by atoms with Crippen LogP contribution in [0.4, 0.5) is 0 Å². The van der Waals surface area contributed by atoms with Gasteiger partial charge >= 0.3 is 7.12 Å². The van der Waals surface area contributed by atoms with Crippen LogP contribution in [0, 0.1) is 11.3 Å². The smallest absolute Gasteiger partial charge is 0.399 e. The molecular weight excluding hydrogens is 269 g/mol. The van der Waals surface area contributed by atoms with E-state index in [0.29, 0.717) is 5.56 Å². The van der Waals surface area contributed by atoms with Gasteiger partial charge in [0, 0.05) is 10.2 Å². The maximum Gasteiger partial charge on any atom is 0.496 e. The van der Waals surface area contributed by atoms with E-state index in [4.69, 9.17) is 14.6 Å². The first kappa shape index (κ1) is 13.6. The number of hydrogen-bond donors (Lipinski definition) is 0. The standard InChI is InChI=1S/C15H16BNO2S/c1-14(2)15(3,4)19-16(18-14)12-9-20-13-6-5-10(8-17)7-11(12)13/h5-7,9H,1-4H3. The molecule has 0 amide bonds.